The van der Waals surface area contributed by atoms with Gasteiger partial charge in [-0.15, -0.1) is 0 Å². The van der Waals surface area contributed by atoms with Crippen LogP contribution in [0, 0.1) is 35.5 Å². The summed E-state index contributed by atoms with van der Waals surface area (Å²) in [6.07, 6.45) is 15.0. The molecule has 4 heteroatoms. The van der Waals surface area contributed by atoms with E-state index in [1.807, 2.05) is 0 Å². The molecule has 0 saturated heterocycles. The number of carbonyl (C=O) groups excluding carboxylic acids is 2. The van der Waals surface area contributed by atoms with Crippen molar-refractivity contribution < 1.29 is 19.1 Å². The van der Waals surface area contributed by atoms with E-state index < -0.39 is 0 Å². The first-order valence-corrected chi connectivity index (χ1v) is 13.4. The third kappa shape index (κ3) is 7.49. The molecule has 0 radical (unpaired) electrons. The second-order valence-corrected chi connectivity index (χ2v) is 10.2. The number of fused-ring (bicyclic) bond motifs is 2. The van der Waals surface area contributed by atoms with Crippen LogP contribution in [0.2, 0.25) is 0 Å². The Morgan fingerprint density at radius 1 is 0.613 bits per heavy atom. The van der Waals surface area contributed by atoms with Crippen LogP contribution in [0.4, 0.5) is 0 Å². The topological polar surface area (TPSA) is 52.6 Å². The summed E-state index contributed by atoms with van der Waals surface area (Å²) in [7, 11) is 0. The van der Waals surface area contributed by atoms with Gasteiger partial charge in [0.05, 0.1) is 25.0 Å². The number of unbranched alkanes of at least 4 members (excludes halogenated alkanes) is 10. The molecule has 2 bridgehead atoms. The zero-order valence-corrected chi connectivity index (χ0v) is 20.7. The first kappa shape index (κ1) is 26.2. The number of carbonyl (C=O) groups is 2. The second kappa shape index (κ2) is 14.2. The molecule has 2 saturated carbocycles. The van der Waals surface area contributed by atoms with E-state index in [2.05, 4.69) is 27.7 Å². The summed E-state index contributed by atoms with van der Waals surface area (Å²) < 4.78 is 11.4. The van der Waals surface area contributed by atoms with Crippen molar-refractivity contribution in [2.24, 2.45) is 35.5 Å². The number of hydrogen-bond donors (Lipinski definition) is 0. The van der Waals surface area contributed by atoms with E-state index in [1.165, 1.54) is 51.4 Å². The van der Waals surface area contributed by atoms with Gasteiger partial charge in [0.2, 0.25) is 0 Å². The maximum Gasteiger partial charge on any atom is 0.310 e. The maximum absolute atomic E-state index is 13.0. The quantitative estimate of drug-likeness (QED) is 0.194. The molecule has 0 aromatic heterocycles. The van der Waals surface area contributed by atoms with Crippen molar-refractivity contribution in [2.45, 2.75) is 111 Å². The lowest BCUT2D eigenvalue weighted by Gasteiger charge is -2.35. The third-order valence-electron chi connectivity index (χ3n) is 8.06. The molecule has 0 aliphatic heterocycles. The van der Waals surface area contributed by atoms with Gasteiger partial charge in [-0.3, -0.25) is 9.59 Å². The predicted molar refractivity (Wildman–Crippen MR) is 126 cm³/mol. The average Bonchev–Trinajstić information content (AvgIpc) is 3.29. The number of ether oxygens (including phenoxy) is 2. The van der Waals surface area contributed by atoms with Crippen LogP contribution in [-0.4, -0.2) is 25.2 Å². The zero-order chi connectivity index (χ0) is 22.6. The average molecular weight is 437 g/mol. The van der Waals surface area contributed by atoms with Gasteiger partial charge in [-0.25, -0.2) is 0 Å². The van der Waals surface area contributed by atoms with Crippen molar-refractivity contribution in [3.05, 3.63) is 0 Å². The Balaban J connectivity index is 1.79. The Morgan fingerprint density at radius 3 is 1.35 bits per heavy atom. The molecule has 0 spiro atoms. The number of rotatable bonds is 16. The third-order valence-corrected chi connectivity index (χ3v) is 8.06. The summed E-state index contributed by atoms with van der Waals surface area (Å²) in [6, 6.07) is 0. The standard InChI is InChI=1S/C27H48O4/c1-5-7-9-11-13-15-17-30-26(28)24-22-19-23(21(4)20(22)3)25(24)27(29)31-18-16-14-12-10-8-6-2/h20-25H,5-19H2,1-4H3. The fraction of sp³-hybridized carbons (Fsp3) is 0.926. The summed E-state index contributed by atoms with van der Waals surface area (Å²) in [5, 5.41) is 0. The largest absolute Gasteiger partial charge is 0.465 e. The molecule has 2 fully saturated rings. The molecule has 180 valence electrons. The maximum atomic E-state index is 13.0. The van der Waals surface area contributed by atoms with Crippen molar-refractivity contribution in [3.63, 3.8) is 0 Å². The Bertz CT molecular complexity index is 485. The van der Waals surface area contributed by atoms with E-state index in [1.54, 1.807) is 0 Å². The lowest BCUT2D eigenvalue weighted by Crippen LogP contribution is -2.42. The second-order valence-electron chi connectivity index (χ2n) is 10.2. The van der Waals surface area contributed by atoms with Gasteiger partial charge in [0, 0.05) is 0 Å². The van der Waals surface area contributed by atoms with Crippen molar-refractivity contribution in [2.75, 3.05) is 13.2 Å². The highest BCUT2D eigenvalue weighted by Gasteiger charge is 2.60. The Hall–Kier alpha value is -1.06. The minimum absolute atomic E-state index is 0.152. The first-order valence-electron chi connectivity index (χ1n) is 13.4. The molecule has 0 amide bonds. The lowest BCUT2D eigenvalue weighted by molar-refractivity contribution is -0.166. The summed E-state index contributed by atoms with van der Waals surface area (Å²) >= 11 is 0. The van der Waals surface area contributed by atoms with E-state index in [0.717, 1.165) is 32.1 Å². The molecule has 0 heterocycles. The van der Waals surface area contributed by atoms with E-state index >= 15 is 0 Å². The minimum atomic E-state index is -0.298. The molecular formula is C27H48O4. The fourth-order valence-electron chi connectivity index (χ4n) is 5.95. The Morgan fingerprint density at radius 2 is 0.968 bits per heavy atom. The van der Waals surface area contributed by atoms with Gasteiger partial charge in [0.1, 0.15) is 0 Å². The van der Waals surface area contributed by atoms with E-state index in [0.29, 0.717) is 25.0 Å². The van der Waals surface area contributed by atoms with Crippen LogP contribution in [0.15, 0.2) is 0 Å². The molecular weight excluding hydrogens is 388 g/mol. The van der Waals surface area contributed by atoms with Crippen LogP contribution in [-0.2, 0) is 19.1 Å². The molecule has 4 nitrogen and oxygen atoms in total. The molecule has 6 atom stereocenters. The van der Waals surface area contributed by atoms with Crippen LogP contribution >= 0.6 is 0 Å². The monoisotopic (exact) mass is 436 g/mol. The van der Waals surface area contributed by atoms with Crippen LogP contribution in [0.5, 0.6) is 0 Å². The van der Waals surface area contributed by atoms with E-state index in [4.69, 9.17) is 9.47 Å². The molecule has 31 heavy (non-hydrogen) atoms. The van der Waals surface area contributed by atoms with Crippen molar-refractivity contribution in [3.8, 4) is 0 Å². The SMILES string of the molecule is CCCCCCCCOC(=O)C1C2CC(C(C)C2C)C1C(=O)OCCCCCCCC. The normalized spacial score (nSPS) is 29.3. The van der Waals surface area contributed by atoms with Gasteiger partial charge < -0.3 is 9.47 Å². The van der Waals surface area contributed by atoms with Gasteiger partial charge in [-0.05, 0) is 42.9 Å². The Labute approximate surface area is 191 Å². The number of esters is 2. The van der Waals surface area contributed by atoms with E-state index in [9.17, 15) is 9.59 Å². The minimum Gasteiger partial charge on any atom is -0.465 e. The smallest absolute Gasteiger partial charge is 0.310 e. The molecule has 0 aromatic rings. The molecule has 2 rings (SSSR count). The highest BCUT2D eigenvalue weighted by molar-refractivity contribution is 5.84. The zero-order valence-electron chi connectivity index (χ0n) is 20.7. The first-order chi connectivity index (χ1) is 15.0. The van der Waals surface area contributed by atoms with Gasteiger partial charge >= 0.3 is 11.9 Å². The highest BCUT2D eigenvalue weighted by Crippen LogP contribution is 2.58. The van der Waals surface area contributed by atoms with Crippen LogP contribution < -0.4 is 0 Å². The fourth-order valence-corrected chi connectivity index (χ4v) is 5.95. The highest BCUT2D eigenvalue weighted by atomic mass is 16.5. The molecule has 0 N–H and O–H groups in total. The number of hydrogen-bond acceptors (Lipinski definition) is 4. The molecule has 2 aliphatic rings. The Kier molecular flexibility index (Phi) is 12.0. The summed E-state index contributed by atoms with van der Waals surface area (Å²) in [6.45, 7) is 9.88. The summed E-state index contributed by atoms with van der Waals surface area (Å²) in [5.74, 6) is 0.579. The van der Waals surface area contributed by atoms with Gasteiger partial charge in [-0.2, -0.15) is 0 Å². The van der Waals surface area contributed by atoms with E-state index in [-0.39, 0.29) is 35.6 Å². The van der Waals surface area contributed by atoms with Gasteiger partial charge in [0.15, 0.2) is 0 Å². The predicted octanol–water partition coefficient (Wildman–Crippen LogP) is 6.95. The summed E-state index contributed by atoms with van der Waals surface area (Å²) in [5.41, 5.74) is 0. The van der Waals surface area contributed by atoms with Crippen LogP contribution in [0.25, 0.3) is 0 Å². The van der Waals surface area contributed by atoms with Crippen molar-refractivity contribution >= 4 is 11.9 Å². The van der Waals surface area contributed by atoms with Crippen molar-refractivity contribution in [1.29, 1.82) is 0 Å². The van der Waals surface area contributed by atoms with Crippen molar-refractivity contribution in [1.82, 2.24) is 0 Å². The lowest BCUT2D eigenvalue weighted by atomic mass is 9.69. The van der Waals surface area contributed by atoms with Crippen LogP contribution in [0.1, 0.15) is 111 Å². The summed E-state index contributed by atoms with van der Waals surface area (Å²) in [4.78, 5) is 26.0. The van der Waals surface area contributed by atoms with Gasteiger partial charge in [0.25, 0.3) is 0 Å². The molecule has 0 aromatic carbocycles. The molecule has 2 aliphatic carbocycles. The van der Waals surface area contributed by atoms with Gasteiger partial charge in [-0.1, -0.05) is 91.9 Å². The van der Waals surface area contributed by atoms with Crippen LogP contribution in [0.3, 0.4) is 0 Å². The molecule has 6 unspecified atom stereocenters.